The summed E-state index contributed by atoms with van der Waals surface area (Å²) in [6.45, 7) is 0. The van der Waals surface area contributed by atoms with Crippen LogP contribution in [0.15, 0.2) is 6.33 Å². The Morgan fingerprint density at radius 3 is 2.90 bits per heavy atom. The Morgan fingerprint density at radius 1 is 1.48 bits per heavy atom. The number of nitrogens with one attached hydrogen (secondary N) is 1. The van der Waals surface area contributed by atoms with Gasteiger partial charge in [0.1, 0.15) is 6.07 Å². The first-order chi connectivity index (χ1) is 10.2. The van der Waals surface area contributed by atoms with E-state index in [2.05, 4.69) is 20.4 Å². The number of aryl methyl sites for hydroxylation is 1. The molecule has 8 heteroatoms. The number of rotatable bonds is 4. The number of amides is 1. The molecule has 1 amide bonds. The Balaban J connectivity index is 2.15. The zero-order valence-corrected chi connectivity index (χ0v) is 11.7. The number of nitrogens with zero attached hydrogens (tertiary/aromatic N) is 6. The highest BCUT2D eigenvalue weighted by atomic mass is 16.1. The number of anilines is 1. The van der Waals surface area contributed by atoms with Gasteiger partial charge in [-0.05, 0) is 12.8 Å². The Morgan fingerprint density at radius 2 is 2.24 bits per heavy atom. The quantitative estimate of drug-likeness (QED) is 0.654. The highest BCUT2D eigenvalue weighted by Gasteiger charge is 2.27. The van der Waals surface area contributed by atoms with E-state index in [1.165, 1.54) is 0 Å². The summed E-state index contributed by atoms with van der Waals surface area (Å²) in [7, 11) is 1.81. The standard InChI is InChI=1S/C13H15N7O/c1-19-7-15-11-12(19)17-10(6-14)18-13(11)20(16-8-21)9-4-2-3-5-9/h7-9H,2-5H2,1H3,(H,16,21). The van der Waals surface area contributed by atoms with Crippen LogP contribution in [0.2, 0.25) is 0 Å². The maximum absolute atomic E-state index is 11.0. The average Bonchev–Trinajstić information content (AvgIpc) is 3.14. The summed E-state index contributed by atoms with van der Waals surface area (Å²) in [5, 5.41) is 10.8. The van der Waals surface area contributed by atoms with Crippen molar-refractivity contribution >= 4 is 23.4 Å². The minimum atomic E-state index is 0.0665. The number of hydrazine groups is 1. The molecule has 1 saturated carbocycles. The van der Waals surface area contributed by atoms with Gasteiger partial charge >= 0.3 is 0 Å². The number of fused-ring (bicyclic) bond motifs is 1. The fraction of sp³-hybridized carbons (Fsp3) is 0.462. The van der Waals surface area contributed by atoms with E-state index in [0.717, 1.165) is 25.7 Å². The molecule has 21 heavy (non-hydrogen) atoms. The van der Waals surface area contributed by atoms with Crippen LogP contribution in [0.1, 0.15) is 31.5 Å². The third kappa shape index (κ3) is 2.27. The molecule has 3 rings (SSSR count). The van der Waals surface area contributed by atoms with Crippen LogP contribution in [-0.2, 0) is 11.8 Å². The Kier molecular flexibility index (Phi) is 3.39. The molecule has 0 aliphatic heterocycles. The first-order valence-corrected chi connectivity index (χ1v) is 6.83. The summed E-state index contributed by atoms with van der Waals surface area (Å²) in [6, 6.07) is 2.13. The van der Waals surface area contributed by atoms with Crippen LogP contribution >= 0.6 is 0 Å². The number of hydrogen-bond acceptors (Lipinski definition) is 6. The molecule has 0 saturated heterocycles. The van der Waals surface area contributed by atoms with Gasteiger partial charge in [0.05, 0.1) is 12.4 Å². The van der Waals surface area contributed by atoms with Crippen LogP contribution in [-0.4, -0.2) is 32.0 Å². The number of carbonyl (C=O) groups is 1. The van der Waals surface area contributed by atoms with Crippen molar-refractivity contribution < 1.29 is 4.79 Å². The predicted octanol–water partition coefficient (Wildman–Crippen LogP) is 0.645. The largest absolute Gasteiger partial charge is 0.318 e. The molecule has 0 spiro atoms. The SMILES string of the molecule is Cn1cnc2c(N(NC=O)C3CCCC3)nc(C#N)nc21. The molecule has 1 N–H and O–H groups in total. The second-order valence-electron chi connectivity index (χ2n) is 5.07. The first-order valence-electron chi connectivity index (χ1n) is 6.83. The molecule has 108 valence electrons. The second kappa shape index (κ2) is 5.36. The van der Waals surface area contributed by atoms with E-state index >= 15 is 0 Å². The summed E-state index contributed by atoms with van der Waals surface area (Å²) in [4.78, 5) is 23.7. The first kappa shape index (κ1) is 13.3. The van der Waals surface area contributed by atoms with Crippen LogP contribution in [0.4, 0.5) is 5.82 Å². The maximum atomic E-state index is 11.0. The van der Waals surface area contributed by atoms with Crippen LogP contribution in [0.25, 0.3) is 11.2 Å². The number of carbonyl (C=O) groups excluding carboxylic acids is 1. The van der Waals surface area contributed by atoms with Gasteiger partial charge in [0.2, 0.25) is 12.2 Å². The van der Waals surface area contributed by atoms with Crippen LogP contribution in [0.3, 0.4) is 0 Å². The molecule has 1 aliphatic carbocycles. The zero-order chi connectivity index (χ0) is 14.8. The van der Waals surface area contributed by atoms with Gasteiger partial charge in [0.25, 0.3) is 0 Å². The summed E-state index contributed by atoms with van der Waals surface area (Å²) in [5.41, 5.74) is 3.85. The van der Waals surface area contributed by atoms with Gasteiger partial charge in [0, 0.05) is 7.05 Å². The van der Waals surface area contributed by atoms with Gasteiger partial charge in [-0.3, -0.25) is 15.2 Å². The summed E-state index contributed by atoms with van der Waals surface area (Å²) in [5.74, 6) is 0.549. The number of hydrogen-bond donors (Lipinski definition) is 1. The van der Waals surface area contributed by atoms with Crippen molar-refractivity contribution in [3.63, 3.8) is 0 Å². The molecular formula is C13H15N7O. The summed E-state index contributed by atoms with van der Waals surface area (Å²) in [6.07, 6.45) is 6.42. The molecule has 1 aliphatic rings. The molecule has 0 unspecified atom stereocenters. The lowest BCUT2D eigenvalue weighted by Gasteiger charge is -2.28. The molecular weight excluding hydrogens is 270 g/mol. The molecule has 0 aromatic carbocycles. The van der Waals surface area contributed by atoms with E-state index in [4.69, 9.17) is 5.26 Å². The molecule has 0 bridgehead atoms. The van der Waals surface area contributed by atoms with E-state index in [1.807, 2.05) is 6.07 Å². The van der Waals surface area contributed by atoms with Gasteiger partial charge in [0.15, 0.2) is 17.0 Å². The monoisotopic (exact) mass is 285 g/mol. The molecule has 0 radical (unpaired) electrons. The van der Waals surface area contributed by atoms with Crippen LogP contribution < -0.4 is 10.4 Å². The zero-order valence-electron chi connectivity index (χ0n) is 11.7. The molecule has 1 fully saturated rings. The topological polar surface area (TPSA) is 99.7 Å². The minimum absolute atomic E-state index is 0.0665. The Hall–Kier alpha value is -2.69. The fourth-order valence-corrected chi connectivity index (χ4v) is 2.77. The van der Waals surface area contributed by atoms with Crippen molar-refractivity contribution in [2.45, 2.75) is 31.7 Å². The molecule has 8 nitrogen and oxygen atoms in total. The lowest BCUT2D eigenvalue weighted by Crippen LogP contribution is -2.45. The van der Waals surface area contributed by atoms with Gasteiger partial charge in [-0.15, -0.1) is 0 Å². The van der Waals surface area contributed by atoms with E-state index in [1.54, 1.807) is 23.0 Å². The second-order valence-corrected chi connectivity index (χ2v) is 5.07. The third-order valence-electron chi connectivity index (χ3n) is 3.75. The van der Waals surface area contributed by atoms with E-state index < -0.39 is 0 Å². The number of nitriles is 1. The summed E-state index contributed by atoms with van der Waals surface area (Å²) < 4.78 is 1.73. The molecule has 2 heterocycles. The van der Waals surface area contributed by atoms with Crippen molar-refractivity contribution in [2.75, 3.05) is 5.01 Å². The molecule has 2 aromatic rings. The Bertz CT molecular complexity index is 711. The maximum Gasteiger partial charge on any atom is 0.236 e. The molecule has 0 atom stereocenters. The average molecular weight is 285 g/mol. The number of aromatic nitrogens is 4. The smallest absolute Gasteiger partial charge is 0.236 e. The number of imidazole rings is 1. The van der Waals surface area contributed by atoms with Crippen LogP contribution in [0, 0.1) is 11.3 Å². The van der Waals surface area contributed by atoms with Gasteiger partial charge in [-0.25, -0.2) is 4.98 Å². The van der Waals surface area contributed by atoms with E-state index in [0.29, 0.717) is 23.4 Å². The van der Waals surface area contributed by atoms with Crippen molar-refractivity contribution in [3.8, 4) is 6.07 Å². The van der Waals surface area contributed by atoms with Crippen molar-refractivity contribution in [1.29, 1.82) is 5.26 Å². The molecule has 2 aromatic heterocycles. The lowest BCUT2D eigenvalue weighted by molar-refractivity contribution is -0.109. The van der Waals surface area contributed by atoms with Gasteiger partial charge in [-0.1, -0.05) is 12.8 Å². The van der Waals surface area contributed by atoms with Crippen molar-refractivity contribution in [2.24, 2.45) is 7.05 Å². The van der Waals surface area contributed by atoms with E-state index in [9.17, 15) is 4.79 Å². The highest BCUT2D eigenvalue weighted by molar-refractivity contribution is 5.84. The van der Waals surface area contributed by atoms with Crippen molar-refractivity contribution in [1.82, 2.24) is 24.9 Å². The lowest BCUT2D eigenvalue weighted by atomic mass is 10.2. The normalized spacial score (nSPS) is 15.0. The van der Waals surface area contributed by atoms with E-state index in [-0.39, 0.29) is 11.9 Å². The van der Waals surface area contributed by atoms with Crippen LogP contribution in [0.5, 0.6) is 0 Å². The van der Waals surface area contributed by atoms with Crippen molar-refractivity contribution in [3.05, 3.63) is 12.2 Å². The third-order valence-corrected chi connectivity index (χ3v) is 3.75. The minimum Gasteiger partial charge on any atom is -0.318 e. The predicted molar refractivity (Wildman–Crippen MR) is 75.0 cm³/mol. The highest BCUT2D eigenvalue weighted by Crippen LogP contribution is 2.29. The fourth-order valence-electron chi connectivity index (χ4n) is 2.77. The Labute approximate surface area is 121 Å². The van der Waals surface area contributed by atoms with Gasteiger partial charge < -0.3 is 4.57 Å². The summed E-state index contributed by atoms with van der Waals surface area (Å²) >= 11 is 0. The van der Waals surface area contributed by atoms with Gasteiger partial charge in [-0.2, -0.15) is 15.2 Å².